The van der Waals surface area contributed by atoms with Crippen LogP contribution in [0.25, 0.3) is 0 Å². The smallest absolute Gasteiger partial charge is 0.309 e. The van der Waals surface area contributed by atoms with Crippen molar-refractivity contribution >= 4 is 11.8 Å². The van der Waals surface area contributed by atoms with Gasteiger partial charge in [0.2, 0.25) is 0 Å². The van der Waals surface area contributed by atoms with E-state index in [1.807, 2.05) is 20.8 Å². The van der Waals surface area contributed by atoms with Crippen molar-refractivity contribution in [1.29, 1.82) is 0 Å². The van der Waals surface area contributed by atoms with Crippen LogP contribution >= 0.6 is 0 Å². The number of nitrogens with zero attached hydrogens (tertiary/aromatic N) is 2. The molecule has 26 heavy (non-hydrogen) atoms. The molecule has 1 unspecified atom stereocenters. The van der Waals surface area contributed by atoms with Crippen molar-refractivity contribution in [1.82, 2.24) is 20.4 Å². The number of hydrogen-bond acceptors (Lipinski definition) is 4. The molecule has 0 saturated carbocycles. The minimum Gasteiger partial charge on any atom is -0.346 e. The first-order valence-corrected chi connectivity index (χ1v) is 9.25. The number of nitrogens with one attached hydrogen (secondary N) is 2. The zero-order chi connectivity index (χ0) is 19.3. The third-order valence-electron chi connectivity index (χ3n) is 4.59. The van der Waals surface area contributed by atoms with Gasteiger partial charge in [0.25, 0.3) is 0 Å². The maximum atomic E-state index is 12.2. The molecule has 2 amide bonds. The van der Waals surface area contributed by atoms with Crippen LogP contribution in [0.1, 0.15) is 37.9 Å². The molecule has 1 saturated heterocycles. The van der Waals surface area contributed by atoms with E-state index in [0.717, 1.165) is 31.7 Å². The van der Waals surface area contributed by atoms with Gasteiger partial charge in [0, 0.05) is 38.3 Å². The van der Waals surface area contributed by atoms with E-state index in [4.69, 9.17) is 0 Å². The first-order valence-electron chi connectivity index (χ1n) is 9.25. The molecule has 0 bridgehead atoms. The Morgan fingerprint density at radius 3 is 2.15 bits per heavy atom. The van der Waals surface area contributed by atoms with E-state index in [-0.39, 0.29) is 6.04 Å². The van der Waals surface area contributed by atoms with Crippen LogP contribution in [0.5, 0.6) is 0 Å². The lowest BCUT2D eigenvalue weighted by molar-refractivity contribution is -0.140. The number of likely N-dealkylation sites (N-methyl/N-ethyl adjacent to an activating group) is 1. The maximum absolute atomic E-state index is 12.2. The summed E-state index contributed by atoms with van der Waals surface area (Å²) in [6.07, 6.45) is 0. The van der Waals surface area contributed by atoms with E-state index < -0.39 is 17.4 Å². The van der Waals surface area contributed by atoms with Gasteiger partial charge in [-0.05, 0) is 40.3 Å². The largest absolute Gasteiger partial charge is 0.346 e. The van der Waals surface area contributed by atoms with Crippen LogP contribution < -0.4 is 10.6 Å². The van der Waals surface area contributed by atoms with Crippen LogP contribution in [0.3, 0.4) is 0 Å². The molecular weight excluding hydrogens is 328 g/mol. The van der Waals surface area contributed by atoms with E-state index in [1.54, 1.807) is 0 Å². The second-order valence-electron chi connectivity index (χ2n) is 8.18. The van der Waals surface area contributed by atoms with Crippen molar-refractivity contribution in [3.63, 3.8) is 0 Å². The number of aryl methyl sites for hydroxylation is 1. The molecule has 1 aliphatic rings. The van der Waals surface area contributed by atoms with Gasteiger partial charge in [-0.25, -0.2) is 0 Å². The average Bonchev–Trinajstić information content (AvgIpc) is 2.56. The number of carbonyl (C=O) groups is 2. The topological polar surface area (TPSA) is 64.7 Å². The molecule has 0 aliphatic carbocycles. The van der Waals surface area contributed by atoms with Gasteiger partial charge in [-0.2, -0.15) is 0 Å². The molecule has 1 fully saturated rings. The van der Waals surface area contributed by atoms with Crippen LogP contribution in [0.2, 0.25) is 0 Å². The number of piperazine rings is 1. The van der Waals surface area contributed by atoms with Gasteiger partial charge in [0.05, 0.1) is 6.04 Å². The van der Waals surface area contributed by atoms with Gasteiger partial charge in [-0.1, -0.05) is 29.8 Å². The maximum Gasteiger partial charge on any atom is 0.309 e. The minimum absolute atomic E-state index is 0.0655. The fraction of sp³-hybridized carbons (Fsp3) is 0.600. The molecule has 0 spiro atoms. The minimum atomic E-state index is -0.585. The van der Waals surface area contributed by atoms with Gasteiger partial charge < -0.3 is 15.5 Å². The summed E-state index contributed by atoms with van der Waals surface area (Å²) in [4.78, 5) is 28.9. The van der Waals surface area contributed by atoms with Gasteiger partial charge in [0.15, 0.2) is 0 Å². The van der Waals surface area contributed by atoms with Crippen molar-refractivity contribution in [2.24, 2.45) is 0 Å². The molecule has 0 radical (unpaired) electrons. The summed E-state index contributed by atoms with van der Waals surface area (Å²) in [7, 11) is 2.12. The number of carbonyl (C=O) groups excluding carboxylic acids is 2. The summed E-state index contributed by atoms with van der Waals surface area (Å²) >= 11 is 0. The Bertz CT molecular complexity index is 614. The standard InChI is InChI=1S/C20H32N4O2/c1-15-6-8-16(9-7-15)17(24-12-10-23(5)11-13-24)14-21-18(25)19(26)22-20(2,3)4/h6-9,17H,10-14H2,1-5H3,(H,21,25)(H,22,26). The zero-order valence-electron chi connectivity index (χ0n) is 16.6. The Labute approximate surface area is 156 Å². The molecule has 144 valence electrons. The van der Waals surface area contributed by atoms with Crippen molar-refractivity contribution in [2.45, 2.75) is 39.3 Å². The van der Waals surface area contributed by atoms with Crippen molar-refractivity contribution in [2.75, 3.05) is 39.8 Å². The summed E-state index contributed by atoms with van der Waals surface area (Å²) < 4.78 is 0. The normalized spacial score (nSPS) is 17.6. The van der Waals surface area contributed by atoms with E-state index in [2.05, 4.69) is 58.7 Å². The molecule has 2 rings (SSSR count). The summed E-state index contributed by atoms with van der Waals surface area (Å²) in [5.41, 5.74) is 1.94. The second-order valence-corrected chi connectivity index (χ2v) is 8.18. The van der Waals surface area contributed by atoms with E-state index in [9.17, 15) is 9.59 Å². The number of amides is 2. The lowest BCUT2D eigenvalue weighted by Gasteiger charge is -2.38. The Morgan fingerprint density at radius 1 is 1.04 bits per heavy atom. The third-order valence-corrected chi connectivity index (χ3v) is 4.59. The van der Waals surface area contributed by atoms with Crippen LogP contribution in [0, 0.1) is 6.92 Å². The summed E-state index contributed by atoms with van der Waals surface area (Å²) in [6.45, 7) is 11.9. The Kier molecular flexibility index (Phi) is 6.78. The molecule has 2 N–H and O–H groups in total. The number of benzene rings is 1. The van der Waals surface area contributed by atoms with E-state index >= 15 is 0 Å². The molecular formula is C20H32N4O2. The van der Waals surface area contributed by atoms with Crippen LogP contribution in [-0.2, 0) is 9.59 Å². The first kappa shape index (κ1) is 20.4. The lowest BCUT2D eigenvalue weighted by Crippen LogP contribution is -2.51. The zero-order valence-corrected chi connectivity index (χ0v) is 16.6. The summed E-state index contributed by atoms with van der Waals surface area (Å²) in [6, 6.07) is 8.47. The Balaban J connectivity index is 2.05. The van der Waals surface area contributed by atoms with Crippen LogP contribution in [0.4, 0.5) is 0 Å². The fourth-order valence-corrected chi connectivity index (χ4v) is 3.05. The monoisotopic (exact) mass is 360 g/mol. The third kappa shape index (κ3) is 6.11. The predicted octanol–water partition coefficient (Wildman–Crippen LogP) is 1.31. The summed E-state index contributed by atoms with van der Waals surface area (Å²) in [5.74, 6) is -1.16. The molecule has 1 aliphatic heterocycles. The van der Waals surface area contributed by atoms with Gasteiger partial charge in [0.1, 0.15) is 0 Å². The van der Waals surface area contributed by atoms with Gasteiger partial charge >= 0.3 is 11.8 Å². The molecule has 0 aromatic heterocycles. The average molecular weight is 361 g/mol. The molecule has 6 heteroatoms. The molecule has 1 aromatic carbocycles. The molecule has 1 aromatic rings. The molecule has 1 heterocycles. The van der Waals surface area contributed by atoms with Crippen molar-refractivity contribution in [3.8, 4) is 0 Å². The highest BCUT2D eigenvalue weighted by atomic mass is 16.2. The predicted molar refractivity (Wildman–Crippen MR) is 104 cm³/mol. The highest BCUT2D eigenvalue weighted by Gasteiger charge is 2.26. The summed E-state index contributed by atoms with van der Waals surface area (Å²) in [5, 5.41) is 5.52. The van der Waals surface area contributed by atoms with Gasteiger partial charge in [-0.15, -0.1) is 0 Å². The second kappa shape index (κ2) is 8.64. The van der Waals surface area contributed by atoms with Crippen LogP contribution in [0.15, 0.2) is 24.3 Å². The molecule has 1 atom stereocenters. The Hall–Kier alpha value is -1.92. The highest BCUT2D eigenvalue weighted by Crippen LogP contribution is 2.22. The Morgan fingerprint density at radius 2 is 1.62 bits per heavy atom. The van der Waals surface area contributed by atoms with Crippen LogP contribution in [-0.4, -0.2) is 66.9 Å². The highest BCUT2D eigenvalue weighted by molar-refractivity contribution is 6.35. The fourth-order valence-electron chi connectivity index (χ4n) is 3.05. The first-order chi connectivity index (χ1) is 12.2. The van der Waals surface area contributed by atoms with Gasteiger partial charge in [-0.3, -0.25) is 14.5 Å². The number of rotatable bonds is 4. The van der Waals surface area contributed by atoms with Crippen molar-refractivity contribution in [3.05, 3.63) is 35.4 Å². The SMILES string of the molecule is Cc1ccc(C(CNC(=O)C(=O)NC(C)(C)C)N2CCN(C)CC2)cc1. The number of hydrogen-bond donors (Lipinski definition) is 2. The van der Waals surface area contributed by atoms with E-state index in [0.29, 0.717) is 6.54 Å². The quantitative estimate of drug-likeness (QED) is 0.795. The van der Waals surface area contributed by atoms with E-state index in [1.165, 1.54) is 5.56 Å². The molecule has 6 nitrogen and oxygen atoms in total. The lowest BCUT2D eigenvalue weighted by atomic mass is 10.0. The van der Waals surface area contributed by atoms with Crippen molar-refractivity contribution < 1.29 is 9.59 Å².